The van der Waals surface area contributed by atoms with Gasteiger partial charge in [0.1, 0.15) is 11.4 Å². The van der Waals surface area contributed by atoms with Crippen molar-refractivity contribution in [1.29, 1.82) is 0 Å². The van der Waals surface area contributed by atoms with Crippen LogP contribution in [0.15, 0.2) is 12.3 Å². The van der Waals surface area contributed by atoms with Crippen LogP contribution in [0.1, 0.15) is 64.5 Å². The van der Waals surface area contributed by atoms with Crippen molar-refractivity contribution in [3.8, 4) is 0 Å². The van der Waals surface area contributed by atoms with Crippen molar-refractivity contribution in [1.82, 2.24) is 9.88 Å². The topological polar surface area (TPSA) is 54.5 Å². The fourth-order valence-corrected chi connectivity index (χ4v) is 3.93. The van der Waals surface area contributed by atoms with Crippen LogP contribution in [0.5, 0.6) is 0 Å². The van der Waals surface area contributed by atoms with Gasteiger partial charge in [0.25, 0.3) is 0 Å². The Morgan fingerprint density at radius 2 is 2.17 bits per heavy atom. The fourth-order valence-electron chi connectivity index (χ4n) is 3.93. The molecule has 0 aromatic carbocycles. The van der Waals surface area contributed by atoms with Crippen LogP contribution in [0.2, 0.25) is 0 Å². The fraction of sp³-hybridized carbons (Fsp3) is 0.684. The summed E-state index contributed by atoms with van der Waals surface area (Å²) in [5.74, 6) is 1.51. The number of carbonyl (C=O) groups excluding carboxylic acids is 1. The third kappa shape index (κ3) is 3.35. The van der Waals surface area contributed by atoms with Gasteiger partial charge in [-0.2, -0.15) is 0 Å². The lowest BCUT2D eigenvalue weighted by molar-refractivity contribution is -0.00935. The summed E-state index contributed by atoms with van der Waals surface area (Å²) in [6.45, 7) is 11.7. The van der Waals surface area contributed by atoms with Crippen LogP contribution in [0.3, 0.4) is 0 Å². The average Bonchev–Trinajstić information content (AvgIpc) is 2.92. The molecule has 2 aliphatic rings. The number of nitrogens with one attached hydrogen (secondary N) is 1. The van der Waals surface area contributed by atoms with E-state index in [2.05, 4.69) is 30.2 Å². The summed E-state index contributed by atoms with van der Waals surface area (Å²) in [7, 11) is 0. The van der Waals surface area contributed by atoms with Crippen LogP contribution >= 0.6 is 0 Å². The molecule has 2 aliphatic heterocycles. The van der Waals surface area contributed by atoms with Crippen LogP contribution in [-0.4, -0.2) is 40.2 Å². The molecule has 1 N–H and O–H groups in total. The zero-order valence-corrected chi connectivity index (χ0v) is 15.5. The van der Waals surface area contributed by atoms with Crippen LogP contribution in [0.25, 0.3) is 0 Å². The van der Waals surface area contributed by atoms with Gasteiger partial charge in [0, 0.05) is 24.8 Å². The smallest absolute Gasteiger partial charge is 0.410 e. The molecular weight excluding hydrogens is 302 g/mol. The molecule has 0 saturated carbocycles. The van der Waals surface area contributed by atoms with Gasteiger partial charge in [-0.05, 0) is 77.0 Å². The lowest BCUT2D eigenvalue weighted by Crippen LogP contribution is -2.53. The van der Waals surface area contributed by atoms with Gasteiger partial charge in [-0.3, -0.25) is 0 Å². The maximum Gasteiger partial charge on any atom is 0.410 e. The summed E-state index contributed by atoms with van der Waals surface area (Å²) in [5.41, 5.74) is 2.10. The molecule has 5 heteroatoms. The minimum atomic E-state index is -0.457. The van der Waals surface area contributed by atoms with E-state index in [4.69, 9.17) is 4.74 Å². The standard InChI is InChI=1S/C19H29N3O2/c1-18(2,3)24-17(23)22-11-8-13(12-19(22,4)5)14-6-9-20-16-15(14)7-10-21-16/h6,9,13H,7-8,10-12H2,1-5H3,(H,20,21). The van der Waals surface area contributed by atoms with E-state index in [1.807, 2.05) is 31.9 Å². The zero-order chi connectivity index (χ0) is 17.5. The van der Waals surface area contributed by atoms with E-state index in [0.717, 1.165) is 38.2 Å². The highest BCUT2D eigenvalue weighted by molar-refractivity contribution is 5.69. The first-order valence-electron chi connectivity index (χ1n) is 8.90. The molecule has 1 unspecified atom stereocenters. The van der Waals surface area contributed by atoms with Gasteiger partial charge in [0.05, 0.1) is 0 Å². The number of hydrogen-bond acceptors (Lipinski definition) is 4. The van der Waals surface area contributed by atoms with Crippen molar-refractivity contribution in [3.05, 3.63) is 23.4 Å². The van der Waals surface area contributed by atoms with Crippen molar-refractivity contribution >= 4 is 11.9 Å². The Balaban J connectivity index is 1.77. The normalized spacial score (nSPS) is 22.7. The number of fused-ring (bicyclic) bond motifs is 1. The third-order valence-electron chi connectivity index (χ3n) is 4.99. The van der Waals surface area contributed by atoms with Gasteiger partial charge in [0.15, 0.2) is 0 Å². The second kappa shape index (κ2) is 5.94. The average molecular weight is 331 g/mol. The predicted octanol–water partition coefficient (Wildman–Crippen LogP) is 3.94. The maximum atomic E-state index is 12.5. The first-order valence-corrected chi connectivity index (χ1v) is 8.90. The molecule has 0 radical (unpaired) electrons. The highest BCUT2D eigenvalue weighted by Crippen LogP contribution is 2.41. The second-order valence-electron chi connectivity index (χ2n) is 8.54. The van der Waals surface area contributed by atoms with E-state index in [9.17, 15) is 4.79 Å². The Hall–Kier alpha value is -1.78. The van der Waals surface area contributed by atoms with Crippen LogP contribution in [-0.2, 0) is 11.2 Å². The van der Waals surface area contributed by atoms with E-state index < -0.39 is 5.60 Å². The summed E-state index contributed by atoms with van der Waals surface area (Å²) in [4.78, 5) is 18.9. The third-order valence-corrected chi connectivity index (χ3v) is 4.99. The molecule has 1 aromatic heterocycles. The minimum Gasteiger partial charge on any atom is -0.444 e. The Kier molecular flexibility index (Phi) is 4.22. The molecule has 24 heavy (non-hydrogen) atoms. The molecule has 5 nitrogen and oxygen atoms in total. The van der Waals surface area contributed by atoms with Gasteiger partial charge in [-0.15, -0.1) is 0 Å². The quantitative estimate of drug-likeness (QED) is 0.847. The number of amides is 1. The van der Waals surface area contributed by atoms with Crippen molar-refractivity contribution in [2.24, 2.45) is 0 Å². The molecule has 1 fully saturated rings. The van der Waals surface area contributed by atoms with E-state index in [0.29, 0.717) is 5.92 Å². The maximum absolute atomic E-state index is 12.5. The number of nitrogens with zero attached hydrogens (tertiary/aromatic N) is 2. The number of likely N-dealkylation sites (tertiary alicyclic amines) is 1. The van der Waals surface area contributed by atoms with Crippen LogP contribution < -0.4 is 5.32 Å². The Bertz CT molecular complexity index is 634. The van der Waals surface area contributed by atoms with Gasteiger partial charge >= 0.3 is 6.09 Å². The van der Waals surface area contributed by atoms with E-state index >= 15 is 0 Å². The zero-order valence-electron chi connectivity index (χ0n) is 15.5. The summed E-state index contributed by atoms with van der Waals surface area (Å²) in [5, 5.41) is 3.36. The molecule has 0 bridgehead atoms. The Morgan fingerprint density at radius 3 is 2.83 bits per heavy atom. The number of carbonyl (C=O) groups is 1. The largest absolute Gasteiger partial charge is 0.444 e. The summed E-state index contributed by atoms with van der Waals surface area (Å²) in [6.07, 6.45) is 4.67. The Morgan fingerprint density at radius 1 is 1.42 bits per heavy atom. The van der Waals surface area contributed by atoms with E-state index in [1.54, 1.807) is 0 Å². The van der Waals surface area contributed by atoms with Crippen LogP contribution in [0.4, 0.5) is 10.6 Å². The minimum absolute atomic E-state index is 0.201. The number of aromatic nitrogens is 1. The van der Waals surface area contributed by atoms with Gasteiger partial charge < -0.3 is 15.0 Å². The van der Waals surface area contributed by atoms with Crippen molar-refractivity contribution in [3.63, 3.8) is 0 Å². The molecule has 3 rings (SSSR count). The highest BCUT2D eigenvalue weighted by atomic mass is 16.6. The second-order valence-corrected chi connectivity index (χ2v) is 8.54. The number of pyridine rings is 1. The molecular formula is C19H29N3O2. The number of rotatable bonds is 1. The van der Waals surface area contributed by atoms with E-state index in [1.165, 1.54) is 11.1 Å². The SMILES string of the molecule is CC(C)(C)OC(=O)N1CCC(c2ccnc3c2CCN3)CC1(C)C. The van der Waals surface area contributed by atoms with Gasteiger partial charge in [0.2, 0.25) is 0 Å². The first kappa shape index (κ1) is 17.1. The van der Waals surface area contributed by atoms with Gasteiger partial charge in [-0.25, -0.2) is 9.78 Å². The molecule has 1 atom stereocenters. The molecule has 1 saturated heterocycles. The predicted molar refractivity (Wildman–Crippen MR) is 95.4 cm³/mol. The first-order chi connectivity index (χ1) is 11.2. The number of ether oxygens (including phenoxy) is 1. The monoisotopic (exact) mass is 331 g/mol. The molecule has 1 amide bonds. The van der Waals surface area contributed by atoms with Crippen LogP contribution in [0, 0.1) is 0 Å². The molecule has 3 heterocycles. The molecule has 0 spiro atoms. The Labute approximate surface area is 144 Å². The lowest BCUT2D eigenvalue weighted by atomic mass is 9.78. The van der Waals surface area contributed by atoms with Crippen molar-refractivity contribution < 1.29 is 9.53 Å². The highest BCUT2D eigenvalue weighted by Gasteiger charge is 2.40. The summed E-state index contributed by atoms with van der Waals surface area (Å²) < 4.78 is 5.59. The molecule has 1 aromatic rings. The number of piperidine rings is 1. The van der Waals surface area contributed by atoms with Crippen molar-refractivity contribution in [2.75, 3.05) is 18.4 Å². The van der Waals surface area contributed by atoms with Crippen molar-refractivity contribution in [2.45, 2.75) is 70.9 Å². The number of anilines is 1. The summed E-state index contributed by atoms with van der Waals surface area (Å²) in [6, 6.07) is 2.16. The van der Waals surface area contributed by atoms with Gasteiger partial charge in [-0.1, -0.05) is 0 Å². The summed E-state index contributed by atoms with van der Waals surface area (Å²) >= 11 is 0. The molecule has 0 aliphatic carbocycles. The number of hydrogen-bond donors (Lipinski definition) is 1. The van der Waals surface area contributed by atoms with E-state index in [-0.39, 0.29) is 11.6 Å². The lowest BCUT2D eigenvalue weighted by Gasteiger charge is -2.46. The molecule has 132 valence electrons.